The second kappa shape index (κ2) is 9.21. The molecule has 3 aromatic rings. The summed E-state index contributed by atoms with van der Waals surface area (Å²) in [5, 5.41) is 6.87. The second-order valence-corrected chi connectivity index (χ2v) is 6.49. The summed E-state index contributed by atoms with van der Waals surface area (Å²) in [5.74, 6) is 0.624. The lowest BCUT2D eigenvalue weighted by Gasteiger charge is -2.20. The molecule has 1 amide bonds. The van der Waals surface area contributed by atoms with Crippen molar-refractivity contribution in [1.29, 1.82) is 0 Å². The molecule has 0 aliphatic heterocycles. The van der Waals surface area contributed by atoms with Gasteiger partial charge in [-0.2, -0.15) is 0 Å². The number of ether oxygens (including phenoxy) is 1. The van der Waals surface area contributed by atoms with Gasteiger partial charge < -0.3 is 10.1 Å². The summed E-state index contributed by atoms with van der Waals surface area (Å²) >= 11 is 6.15. The predicted octanol–water partition coefficient (Wildman–Crippen LogP) is 4.67. The molecule has 2 N–H and O–H groups in total. The Kier molecular flexibility index (Phi) is 6.47. The Morgan fingerprint density at radius 2 is 1.67 bits per heavy atom. The molecule has 0 saturated carbocycles. The third-order valence-electron chi connectivity index (χ3n) is 4.16. The summed E-state index contributed by atoms with van der Waals surface area (Å²) in [6.07, 6.45) is 0. The standard InChI is InChI=1S/C22H21ClN2O2/c1-27-20-12-10-19(11-13-20)25-21(26)15-24-22(16-6-3-2-4-7-16)17-8-5-9-18(23)14-17/h2-14,22,24H,15H2,1H3,(H,25,26). The minimum Gasteiger partial charge on any atom is -0.497 e. The summed E-state index contributed by atoms with van der Waals surface area (Å²) in [6.45, 7) is 0.165. The Bertz CT molecular complexity index is 882. The fraction of sp³-hybridized carbons (Fsp3) is 0.136. The zero-order chi connectivity index (χ0) is 19.1. The van der Waals surface area contributed by atoms with Crippen LogP contribution in [-0.2, 0) is 4.79 Å². The Labute approximate surface area is 164 Å². The molecule has 0 aromatic heterocycles. The highest BCUT2D eigenvalue weighted by Gasteiger charge is 2.15. The first-order valence-corrected chi connectivity index (χ1v) is 9.01. The van der Waals surface area contributed by atoms with Crippen molar-refractivity contribution < 1.29 is 9.53 Å². The molecule has 0 spiro atoms. The van der Waals surface area contributed by atoms with E-state index in [1.165, 1.54) is 0 Å². The molecule has 0 fully saturated rings. The van der Waals surface area contributed by atoms with Crippen LogP contribution in [0.4, 0.5) is 5.69 Å². The Morgan fingerprint density at radius 1 is 0.963 bits per heavy atom. The number of carbonyl (C=O) groups is 1. The van der Waals surface area contributed by atoms with Crippen molar-refractivity contribution in [3.63, 3.8) is 0 Å². The predicted molar refractivity (Wildman–Crippen MR) is 109 cm³/mol. The molecule has 0 aliphatic carbocycles. The smallest absolute Gasteiger partial charge is 0.238 e. The van der Waals surface area contributed by atoms with E-state index in [1.807, 2.05) is 78.9 Å². The number of benzene rings is 3. The fourth-order valence-electron chi connectivity index (χ4n) is 2.83. The molecule has 27 heavy (non-hydrogen) atoms. The minimum atomic E-state index is -0.133. The van der Waals surface area contributed by atoms with E-state index in [-0.39, 0.29) is 18.5 Å². The summed E-state index contributed by atoms with van der Waals surface area (Å²) in [4.78, 5) is 12.4. The van der Waals surface area contributed by atoms with E-state index in [1.54, 1.807) is 7.11 Å². The van der Waals surface area contributed by atoms with E-state index in [4.69, 9.17) is 16.3 Å². The van der Waals surface area contributed by atoms with Crippen LogP contribution in [-0.4, -0.2) is 19.6 Å². The van der Waals surface area contributed by atoms with Gasteiger partial charge in [-0.15, -0.1) is 0 Å². The van der Waals surface area contributed by atoms with Gasteiger partial charge in [-0.3, -0.25) is 10.1 Å². The summed E-state index contributed by atoms with van der Waals surface area (Å²) in [5.41, 5.74) is 2.80. The number of hydrogen-bond acceptors (Lipinski definition) is 3. The molecule has 138 valence electrons. The maximum Gasteiger partial charge on any atom is 0.238 e. The normalized spacial score (nSPS) is 11.6. The first kappa shape index (κ1) is 19.0. The van der Waals surface area contributed by atoms with Gasteiger partial charge in [-0.05, 0) is 47.5 Å². The van der Waals surface area contributed by atoms with Gasteiger partial charge >= 0.3 is 0 Å². The van der Waals surface area contributed by atoms with Crippen LogP contribution in [0.15, 0.2) is 78.9 Å². The number of halogens is 1. The van der Waals surface area contributed by atoms with Crippen LogP contribution in [0.2, 0.25) is 5.02 Å². The number of carbonyl (C=O) groups excluding carboxylic acids is 1. The molecular weight excluding hydrogens is 360 g/mol. The number of hydrogen-bond donors (Lipinski definition) is 2. The van der Waals surface area contributed by atoms with E-state index in [2.05, 4.69) is 10.6 Å². The van der Waals surface area contributed by atoms with Crippen molar-refractivity contribution in [3.8, 4) is 5.75 Å². The molecule has 1 atom stereocenters. The first-order valence-electron chi connectivity index (χ1n) is 8.63. The molecular formula is C22H21ClN2O2. The molecule has 0 aliphatic rings. The van der Waals surface area contributed by atoms with E-state index in [0.717, 1.165) is 22.6 Å². The van der Waals surface area contributed by atoms with Crippen LogP contribution in [0, 0.1) is 0 Å². The number of amides is 1. The van der Waals surface area contributed by atoms with Crippen molar-refractivity contribution in [2.45, 2.75) is 6.04 Å². The number of methoxy groups -OCH3 is 1. The van der Waals surface area contributed by atoms with Crippen LogP contribution in [0.5, 0.6) is 5.75 Å². The largest absolute Gasteiger partial charge is 0.497 e. The van der Waals surface area contributed by atoms with Gasteiger partial charge in [0.05, 0.1) is 19.7 Å². The first-order chi connectivity index (χ1) is 13.2. The van der Waals surface area contributed by atoms with Crippen molar-refractivity contribution in [1.82, 2.24) is 5.32 Å². The second-order valence-electron chi connectivity index (χ2n) is 6.06. The van der Waals surface area contributed by atoms with E-state index >= 15 is 0 Å². The molecule has 0 radical (unpaired) electrons. The maximum absolute atomic E-state index is 12.4. The Balaban J connectivity index is 1.69. The molecule has 3 rings (SSSR count). The fourth-order valence-corrected chi connectivity index (χ4v) is 3.03. The van der Waals surface area contributed by atoms with Crippen LogP contribution < -0.4 is 15.4 Å². The van der Waals surface area contributed by atoms with Gasteiger partial charge in [0.2, 0.25) is 5.91 Å². The molecule has 4 nitrogen and oxygen atoms in total. The van der Waals surface area contributed by atoms with Crippen LogP contribution in [0.1, 0.15) is 17.2 Å². The minimum absolute atomic E-state index is 0.122. The van der Waals surface area contributed by atoms with Gasteiger partial charge in [-0.25, -0.2) is 0 Å². The van der Waals surface area contributed by atoms with Crippen LogP contribution >= 0.6 is 11.6 Å². The summed E-state index contributed by atoms with van der Waals surface area (Å²) in [7, 11) is 1.61. The monoisotopic (exact) mass is 380 g/mol. The summed E-state index contributed by atoms with van der Waals surface area (Å²) in [6, 6.07) is 24.7. The lowest BCUT2D eigenvalue weighted by atomic mass is 9.99. The quantitative estimate of drug-likeness (QED) is 0.626. The van der Waals surface area contributed by atoms with Crippen LogP contribution in [0.25, 0.3) is 0 Å². The van der Waals surface area contributed by atoms with Gasteiger partial charge in [0, 0.05) is 10.7 Å². The van der Waals surface area contributed by atoms with Crippen LogP contribution in [0.3, 0.4) is 0 Å². The highest BCUT2D eigenvalue weighted by atomic mass is 35.5. The van der Waals surface area contributed by atoms with Gasteiger partial charge in [-0.1, -0.05) is 54.1 Å². The molecule has 0 saturated heterocycles. The number of rotatable bonds is 7. The lowest BCUT2D eigenvalue weighted by molar-refractivity contribution is -0.115. The average Bonchev–Trinajstić information content (AvgIpc) is 2.70. The van der Waals surface area contributed by atoms with Gasteiger partial charge in [0.25, 0.3) is 0 Å². The van der Waals surface area contributed by atoms with Crippen molar-refractivity contribution in [3.05, 3.63) is 95.0 Å². The Morgan fingerprint density at radius 3 is 2.33 bits per heavy atom. The topological polar surface area (TPSA) is 50.4 Å². The Hall–Kier alpha value is -2.82. The maximum atomic E-state index is 12.4. The highest BCUT2D eigenvalue weighted by Crippen LogP contribution is 2.24. The number of nitrogens with one attached hydrogen (secondary N) is 2. The van der Waals surface area contributed by atoms with Crippen molar-refractivity contribution in [2.75, 3.05) is 19.0 Å². The highest BCUT2D eigenvalue weighted by molar-refractivity contribution is 6.30. The SMILES string of the molecule is COc1ccc(NC(=O)CNC(c2ccccc2)c2cccc(Cl)c2)cc1. The lowest BCUT2D eigenvalue weighted by Crippen LogP contribution is -2.31. The molecule has 0 heterocycles. The van der Waals surface area contributed by atoms with E-state index < -0.39 is 0 Å². The molecule has 1 unspecified atom stereocenters. The van der Waals surface area contributed by atoms with Gasteiger partial charge in [0.15, 0.2) is 0 Å². The van der Waals surface area contributed by atoms with Crippen molar-refractivity contribution >= 4 is 23.2 Å². The molecule has 0 bridgehead atoms. The zero-order valence-corrected chi connectivity index (χ0v) is 15.7. The third-order valence-corrected chi connectivity index (χ3v) is 4.39. The third kappa shape index (κ3) is 5.33. The average molecular weight is 381 g/mol. The van der Waals surface area contributed by atoms with Gasteiger partial charge in [0.1, 0.15) is 5.75 Å². The summed E-state index contributed by atoms with van der Waals surface area (Å²) < 4.78 is 5.12. The van der Waals surface area contributed by atoms with E-state index in [0.29, 0.717) is 5.02 Å². The number of anilines is 1. The molecule has 3 aromatic carbocycles. The molecule has 5 heteroatoms. The van der Waals surface area contributed by atoms with E-state index in [9.17, 15) is 4.79 Å². The zero-order valence-electron chi connectivity index (χ0n) is 15.0. The van der Waals surface area contributed by atoms with Crippen molar-refractivity contribution in [2.24, 2.45) is 0 Å².